The van der Waals surface area contributed by atoms with Crippen molar-refractivity contribution in [3.05, 3.63) is 29.8 Å². The predicted molar refractivity (Wildman–Crippen MR) is 101 cm³/mol. The summed E-state index contributed by atoms with van der Waals surface area (Å²) in [6.45, 7) is 5.05. The lowest BCUT2D eigenvalue weighted by Gasteiger charge is -2.38. The molecule has 0 unspecified atom stereocenters. The van der Waals surface area contributed by atoms with Gasteiger partial charge in [-0.3, -0.25) is 4.79 Å². The molecule has 2 aliphatic heterocycles. The normalized spacial score (nSPS) is 24.5. The van der Waals surface area contributed by atoms with Crippen LogP contribution >= 0.6 is 0 Å². The zero-order valence-electron chi connectivity index (χ0n) is 15.5. The summed E-state index contributed by atoms with van der Waals surface area (Å²) < 4.78 is 0. The molecule has 3 rings (SSSR count). The van der Waals surface area contributed by atoms with Crippen molar-refractivity contribution in [2.24, 2.45) is 11.8 Å². The molecule has 0 saturated carbocycles. The third-order valence-corrected chi connectivity index (χ3v) is 5.49. The Morgan fingerprint density at radius 1 is 1.20 bits per heavy atom. The van der Waals surface area contributed by atoms with Crippen LogP contribution in [-0.4, -0.2) is 74.2 Å². The monoisotopic (exact) mass is 345 g/mol. The Hall–Kier alpha value is -1.59. The number of aliphatic hydroxyl groups excluding tert-OH is 1. The van der Waals surface area contributed by atoms with Gasteiger partial charge in [-0.2, -0.15) is 0 Å². The molecule has 1 N–H and O–H groups in total. The molecule has 0 aromatic heterocycles. The lowest BCUT2D eigenvalue weighted by molar-refractivity contribution is 0.0465. The quantitative estimate of drug-likeness (QED) is 0.886. The molecule has 0 spiro atoms. The van der Waals surface area contributed by atoms with E-state index in [9.17, 15) is 9.90 Å². The molecular formula is C20H31N3O2. The van der Waals surface area contributed by atoms with E-state index in [0.29, 0.717) is 12.5 Å². The average Bonchev–Trinajstić information content (AvgIpc) is 3.13. The molecule has 1 aromatic rings. The maximum absolute atomic E-state index is 13.0. The van der Waals surface area contributed by atoms with Crippen LogP contribution in [0.1, 0.15) is 29.6 Å². The number of hydrogen-bond donors (Lipinski definition) is 1. The van der Waals surface area contributed by atoms with Crippen molar-refractivity contribution in [3.63, 3.8) is 0 Å². The molecule has 25 heavy (non-hydrogen) atoms. The van der Waals surface area contributed by atoms with Gasteiger partial charge in [0, 0.05) is 51.6 Å². The van der Waals surface area contributed by atoms with Gasteiger partial charge in [-0.15, -0.1) is 0 Å². The lowest BCUT2D eigenvalue weighted by atomic mass is 9.88. The fourth-order valence-corrected chi connectivity index (χ4v) is 4.18. The summed E-state index contributed by atoms with van der Waals surface area (Å²) >= 11 is 0. The molecule has 2 heterocycles. The molecule has 2 fully saturated rings. The zero-order chi connectivity index (χ0) is 17.8. The van der Waals surface area contributed by atoms with Crippen LogP contribution in [0.25, 0.3) is 0 Å². The number of nitrogens with zero attached hydrogens (tertiary/aromatic N) is 3. The van der Waals surface area contributed by atoms with E-state index in [1.54, 1.807) is 0 Å². The second-order valence-electron chi connectivity index (χ2n) is 7.81. The number of hydrogen-bond acceptors (Lipinski definition) is 4. The number of benzene rings is 1. The minimum Gasteiger partial charge on any atom is -0.396 e. The molecule has 2 atom stereocenters. The largest absolute Gasteiger partial charge is 0.396 e. The Morgan fingerprint density at radius 2 is 1.92 bits per heavy atom. The fourth-order valence-electron chi connectivity index (χ4n) is 4.18. The van der Waals surface area contributed by atoms with Gasteiger partial charge in [0.25, 0.3) is 5.91 Å². The number of carbonyl (C=O) groups is 1. The molecule has 2 aliphatic rings. The van der Waals surface area contributed by atoms with E-state index >= 15 is 0 Å². The van der Waals surface area contributed by atoms with Crippen molar-refractivity contribution in [1.29, 1.82) is 0 Å². The van der Waals surface area contributed by atoms with Gasteiger partial charge >= 0.3 is 0 Å². The van der Waals surface area contributed by atoms with E-state index in [1.165, 1.54) is 25.9 Å². The van der Waals surface area contributed by atoms with Crippen LogP contribution in [0.2, 0.25) is 0 Å². The number of aliphatic hydroxyl groups is 1. The number of carbonyl (C=O) groups excluding carboxylic acids is 1. The van der Waals surface area contributed by atoms with Gasteiger partial charge in [0.1, 0.15) is 0 Å². The SMILES string of the molecule is CN(C)c1cccc(C(=O)N2C[C@H](CO)C[C@H](CN3CCCC3)C2)c1. The van der Waals surface area contributed by atoms with Crippen LogP contribution in [0, 0.1) is 11.8 Å². The van der Waals surface area contributed by atoms with Crippen molar-refractivity contribution in [3.8, 4) is 0 Å². The number of amides is 1. The highest BCUT2D eigenvalue weighted by Gasteiger charge is 2.31. The highest BCUT2D eigenvalue weighted by molar-refractivity contribution is 5.95. The topological polar surface area (TPSA) is 47.0 Å². The lowest BCUT2D eigenvalue weighted by Crippen LogP contribution is -2.47. The van der Waals surface area contributed by atoms with Crippen LogP contribution in [0.4, 0.5) is 5.69 Å². The zero-order valence-corrected chi connectivity index (χ0v) is 15.5. The van der Waals surface area contributed by atoms with Gasteiger partial charge in [-0.1, -0.05) is 6.07 Å². The standard InChI is InChI=1S/C20H31N3O2/c1-21(2)19-7-5-6-18(11-19)20(25)23-13-16(10-17(14-23)15-24)12-22-8-3-4-9-22/h5-7,11,16-17,24H,3-4,8-10,12-15H2,1-2H3/t16-,17-/m1/s1. The van der Waals surface area contributed by atoms with Crippen LogP contribution < -0.4 is 4.90 Å². The van der Waals surface area contributed by atoms with Gasteiger partial charge in [0.05, 0.1) is 0 Å². The molecule has 5 nitrogen and oxygen atoms in total. The Balaban J connectivity index is 1.70. The molecule has 0 radical (unpaired) electrons. The molecular weight excluding hydrogens is 314 g/mol. The number of piperidine rings is 1. The van der Waals surface area contributed by atoms with Crippen molar-refractivity contribution < 1.29 is 9.90 Å². The smallest absolute Gasteiger partial charge is 0.253 e. The first-order valence-corrected chi connectivity index (χ1v) is 9.46. The first kappa shape index (κ1) is 18.2. The minimum atomic E-state index is 0.0910. The first-order chi connectivity index (χ1) is 12.1. The molecule has 1 aromatic carbocycles. The predicted octanol–water partition coefficient (Wildman–Crippen LogP) is 1.92. The molecule has 5 heteroatoms. The van der Waals surface area contributed by atoms with Crippen LogP contribution in [0.15, 0.2) is 24.3 Å². The summed E-state index contributed by atoms with van der Waals surface area (Å²) in [5.41, 5.74) is 1.78. The second-order valence-corrected chi connectivity index (χ2v) is 7.81. The van der Waals surface area contributed by atoms with Crippen LogP contribution in [-0.2, 0) is 0 Å². The van der Waals surface area contributed by atoms with Gasteiger partial charge in [0.15, 0.2) is 0 Å². The van der Waals surface area contributed by atoms with Gasteiger partial charge in [0.2, 0.25) is 0 Å². The van der Waals surface area contributed by atoms with Crippen molar-refractivity contribution in [1.82, 2.24) is 9.80 Å². The number of anilines is 1. The van der Waals surface area contributed by atoms with Gasteiger partial charge in [-0.05, 0) is 62.4 Å². The summed E-state index contributed by atoms with van der Waals surface area (Å²) in [4.78, 5) is 19.5. The van der Waals surface area contributed by atoms with E-state index in [4.69, 9.17) is 0 Å². The molecule has 138 valence electrons. The van der Waals surface area contributed by atoms with Crippen molar-refractivity contribution >= 4 is 11.6 Å². The van der Waals surface area contributed by atoms with E-state index in [1.807, 2.05) is 48.2 Å². The van der Waals surface area contributed by atoms with Crippen LogP contribution in [0.3, 0.4) is 0 Å². The fraction of sp³-hybridized carbons (Fsp3) is 0.650. The number of likely N-dealkylation sites (tertiary alicyclic amines) is 2. The minimum absolute atomic E-state index is 0.0910. The number of rotatable bonds is 5. The molecule has 1 amide bonds. The average molecular weight is 345 g/mol. The third-order valence-electron chi connectivity index (χ3n) is 5.49. The van der Waals surface area contributed by atoms with Gasteiger partial charge < -0.3 is 19.8 Å². The maximum Gasteiger partial charge on any atom is 0.253 e. The molecule has 0 bridgehead atoms. The summed E-state index contributed by atoms with van der Waals surface area (Å²) in [5.74, 6) is 0.751. The van der Waals surface area contributed by atoms with Crippen LogP contribution in [0.5, 0.6) is 0 Å². The third kappa shape index (κ3) is 4.53. The highest BCUT2D eigenvalue weighted by Crippen LogP contribution is 2.26. The Bertz CT molecular complexity index is 584. The molecule has 2 saturated heterocycles. The molecule has 0 aliphatic carbocycles. The van der Waals surface area contributed by atoms with Crippen molar-refractivity contribution in [2.45, 2.75) is 19.3 Å². The second kappa shape index (κ2) is 8.19. The summed E-state index contributed by atoms with van der Waals surface area (Å²) in [6, 6.07) is 7.81. The van der Waals surface area contributed by atoms with Gasteiger partial charge in [-0.25, -0.2) is 0 Å². The first-order valence-electron chi connectivity index (χ1n) is 9.46. The van der Waals surface area contributed by atoms with E-state index < -0.39 is 0 Å². The maximum atomic E-state index is 13.0. The van der Waals surface area contributed by atoms with E-state index in [0.717, 1.165) is 30.8 Å². The summed E-state index contributed by atoms with van der Waals surface area (Å²) in [6.07, 6.45) is 3.60. The Labute approximate surface area is 151 Å². The Kier molecular flexibility index (Phi) is 5.97. The Morgan fingerprint density at radius 3 is 2.60 bits per heavy atom. The van der Waals surface area contributed by atoms with E-state index in [-0.39, 0.29) is 18.4 Å². The van der Waals surface area contributed by atoms with E-state index in [2.05, 4.69) is 4.90 Å². The highest BCUT2D eigenvalue weighted by atomic mass is 16.3. The summed E-state index contributed by atoms with van der Waals surface area (Å²) in [7, 11) is 3.97. The summed E-state index contributed by atoms with van der Waals surface area (Å²) in [5, 5.41) is 9.70. The van der Waals surface area contributed by atoms with Crippen molar-refractivity contribution in [2.75, 3.05) is 58.3 Å².